The van der Waals surface area contributed by atoms with Crippen molar-refractivity contribution in [3.05, 3.63) is 93.5 Å². The van der Waals surface area contributed by atoms with Crippen molar-refractivity contribution in [3.8, 4) is 0 Å². The average Bonchev–Trinajstić information content (AvgIpc) is 2.94. The van der Waals surface area contributed by atoms with Crippen LogP contribution >= 0.6 is 23.2 Å². The molecule has 0 radical (unpaired) electrons. The van der Waals surface area contributed by atoms with Crippen LogP contribution in [0.25, 0.3) is 0 Å². The lowest BCUT2D eigenvalue weighted by Crippen LogP contribution is -2.52. The molecule has 0 spiro atoms. The summed E-state index contributed by atoms with van der Waals surface area (Å²) in [6.07, 6.45) is 2.08. The van der Waals surface area contributed by atoms with Gasteiger partial charge in [0.15, 0.2) is 0 Å². The maximum absolute atomic E-state index is 14.1. The number of amides is 2. The molecule has 0 heterocycles. The van der Waals surface area contributed by atoms with Gasteiger partial charge in [0.2, 0.25) is 11.8 Å². The van der Waals surface area contributed by atoms with Gasteiger partial charge in [-0.3, -0.25) is 13.9 Å². The number of halogens is 2. The fourth-order valence-corrected chi connectivity index (χ4v) is 6.01. The fraction of sp³-hybridized carbons (Fsp3) is 0.355. The van der Waals surface area contributed by atoms with Gasteiger partial charge in [0.05, 0.1) is 10.6 Å². The average molecular weight is 619 g/mol. The Balaban J connectivity index is 2.05. The topological polar surface area (TPSA) is 86.8 Å². The number of carbonyl (C=O) groups is 2. The Bertz CT molecular complexity index is 1450. The van der Waals surface area contributed by atoms with Crippen LogP contribution in [0.5, 0.6) is 0 Å². The van der Waals surface area contributed by atoms with E-state index in [4.69, 9.17) is 23.2 Å². The molecular weight excluding hydrogens is 581 g/mol. The summed E-state index contributed by atoms with van der Waals surface area (Å²) in [6.45, 7) is 7.78. The molecule has 0 aliphatic heterocycles. The van der Waals surface area contributed by atoms with Crippen LogP contribution in [-0.4, -0.2) is 44.3 Å². The third-order valence-electron chi connectivity index (χ3n) is 6.94. The number of nitrogens with one attached hydrogen (secondary N) is 1. The van der Waals surface area contributed by atoms with E-state index >= 15 is 0 Å². The van der Waals surface area contributed by atoms with E-state index < -0.39 is 28.5 Å². The summed E-state index contributed by atoms with van der Waals surface area (Å²) in [6, 6.07) is 17.3. The highest BCUT2D eigenvalue weighted by molar-refractivity contribution is 7.92. The van der Waals surface area contributed by atoms with Crippen LogP contribution in [0.4, 0.5) is 5.69 Å². The second kappa shape index (κ2) is 14.7. The summed E-state index contributed by atoms with van der Waals surface area (Å²) in [7, 11) is -4.17. The normalized spacial score (nSPS) is 12.0. The molecule has 1 N–H and O–H groups in total. The molecule has 2 amide bonds. The largest absolute Gasteiger partial charge is 0.354 e. The molecule has 0 unspecified atom stereocenters. The molecule has 3 aromatic carbocycles. The monoisotopic (exact) mass is 617 g/mol. The first kappa shape index (κ1) is 32.4. The first-order chi connectivity index (χ1) is 19.5. The Kier molecular flexibility index (Phi) is 11.6. The first-order valence-electron chi connectivity index (χ1n) is 13.6. The lowest BCUT2D eigenvalue weighted by atomic mass is 10.1. The molecule has 3 rings (SSSR count). The highest BCUT2D eigenvalue weighted by Crippen LogP contribution is 2.27. The zero-order valence-corrected chi connectivity index (χ0v) is 26.2. The maximum atomic E-state index is 14.1. The predicted octanol–water partition coefficient (Wildman–Crippen LogP) is 6.53. The van der Waals surface area contributed by atoms with Crippen LogP contribution in [0, 0.1) is 13.8 Å². The van der Waals surface area contributed by atoms with Crippen LogP contribution in [0.15, 0.2) is 71.6 Å². The molecule has 41 heavy (non-hydrogen) atoms. The number of hydrogen-bond donors (Lipinski definition) is 1. The molecule has 220 valence electrons. The zero-order chi connectivity index (χ0) is 30.2. The van der Waals surface area contributed by atoms with Gasteiger partial charge in [0.1, 0.15) is 12.6 Å². The van der Waals surface area contributed by atoms with E-state index in [1.807, 2.05) is 33.8 Å². The van der Waals surface area contributed by atoms with Gasteiger partial charge in [-0.25, -0.2) is 8.42 Å². The van der Waals surface area contributed by atoms with Crippen molar-refractivity contribution in [2.75, 3.05) is 17.4 Å². The molecular formula is C31H37Cl2N3O4S. The third-order valence-corrected chi connectivity index (χ3v) is 9.23. The van der Waals surface area contributed by atoms with Gasteiger partial charge >= 0.3 is 0 Å². The maximum Gasteiger partial charge on any atom is 0.264 e. The summed E-state index contributed by atoms with van der Waals surface area (Å²) < 4.78 is 29.0. The molecule has 0 aliphatic rings. The number of nitrogens with zero attached hydrogens (tertiary/aromatic N) is 2. The Labute approximate surface area is 253 Å². The number of anilines is 1. The number of unbranched alkanes of at least 4 members (excludes halogenated alkanes) is 1. The van der Waals surface area contributed by atoms with Crippen molar-refractivity contribution >= 4 is 50.7 Å². The molecule has 0 saturated heterocycles. The molecule has 0 aromatic heterocycles. The van der Waals surface area contributed by atoms with Gasteiger partial charge in [-0.05, 0) is 91.9 Å². The Morgan fingerprint density at radius 3 is 2.05 bits per heavy atom. The molecule has 3 aromatic rings. The van der Waals surface area contributed by atoms with Crippen molar-refractivity contribution in [1.29, 1.82) is 0 Å². The van der Waals surface area contributed by atoms with Crippen LogP contribution in [0.3, 0.4) is 0 Å². The number of carbonyl (C=O) groups excluding carboxylic acids is 2. The van der Waals surface area contributed by atoms with E-state index in [1.54, 1.807) is 36.4 Å². The summed E-state index contributed by atoms with van der Waals surface area (Å²) in [5.41, 5.74) is 2.98. The van der Waals surface area contributed by atoms with Crippen molar-refractivity contribution in [2.24, 2.45) is 0 Å². The number of benzene rings is 3. The van der Waals surface area contributed by atoms with Gasteiger partial charge in [-0.2, -0.15) is 0 Å². The standard InChI is InChI=1S/C31H37Cl2N3O4S/c1-5-7-18-34-31(38)29(6-2)35(20-24-9-11-25(32)12-10-24)30(37)21-36(27-15-8-22(3)23(4)19-27)41(39,40)28-16-13-26(33)14-17-28/h8-17,19,29H,5-7,18,20-21H2,1-4H3,(H,34,38)/t29-/m1/s1. The van der Waals surface area contributed by atoms with Crippen LogP contribution in [-0.2, 0) is 26.2 Å². The third kappa shape index (κ3) is 8.47. The van der Waals surface area contributed by atoms with Crippen molar-refractivity contribution in [3.63, 3.8) is 0 Å². The second-order valence-corrected chi connectivity index (χ2v) is 12.7. The first-order valence-corrected chi connectivity index (χ1v) is 15.8. The van der Waals surface area contributed by atoms with Crippen molar-refractivity contribution in [1.82, 2.24) is 10.2 Å². The van der Waals surface area contributed by atoms with Crippen LogP contribution in [0.1, 0.15) is 49.8 Å². The van der Waals surface area contributed by atoms with Crippen molar-refractivity contribution in [2.45, 2.75) is 64.4 Å². The minimum absolute atomic E-state index is 0.00142. The fourth-order valence-electron chi connectivity index (χ4n) is 4.36. The summed E-state index contributed by atoms with van der Waals surface area (Å²) >= 11 is 12.1. The molecule has 7 nitrogen and oxygen atoms in total. The Morgan fingerprint density at radius 1 is 0.878 bits per heavy atom. The van der Waals surface area contributed by atoms with E-state index in [9.17, 15) is 18.0 Å². The molecule has 0 saturated carbocycles. The molecule has 10 heteroatoms. The van der Waals surface area contributed by atoms with Gasteiger partial charge < -0.3 is 10.2 Å². The Hall–Kier alpha value is -3.07. The SMILES string of the molecule is CCCCNC(=O)[C@@H](CC)N(Cc1ccc(Cl)cc1)C(=O)CN(c1ccc(C)c(C)c1)S(=O)(=O)c1ccc(Cl)cc1. The van der Waals surface area contributed by atoms with Gasteiger partial charge in [0, 0.05) is 23.1 Å². The second-order valence-electron chi connectivity index (χ2n) is 9.95. The highest BCUT2D eigenvalue weighted by atomic mass is 35.5. The summed E-state index contributed by atoms with van der Waals surface area (Å²) in [5.74, 6) is -0.783. The van der Waals surface area contributed by atoms with E-state index in [0.717, 1.165) is 33.8 Å². The van der Waals surface area contributed by atoms with Crippen LogP contribution < -0.4 is 9.62 Å². The number of aryl methyl sites for hydroxylation is 2. The molecule has 0 fully saturated rings. The minimum atomic E-state index is -4.17. The van der Waals surface area contributed by atoms with E-state index in [1.165, 1.54) is 29.2 Å². The predicted molar refractivity (Wildman–Crippen MR) is 166 cm³/mol. The molecule has 0 bridgehead atoms. The van der Waals surface area contributed by atoms with E-state index in [2.05, 4.69) is 5.32 Å². The lowest BCUT2D eigenvalue weighted by molar-refractivity contribution is -0.140. The Morgan fingerprint density at radius 2 is 1.49 bits per heavy atom. The smallest absolute Gasteiger partial charge is 0.264 e. The summed E-state index contributed by atoms with van der Waals surface area (Å²) in [5, 5.41) is 3.87. The van der Waals surface area contributed by atoms with Gasteiger partial charge in [-0.15, -0.1) is 0 Å². The van der Waals surface area contributed by atoms with Crippen molar-refractivity contribution < 1.29 is 18.0 Å². The molecule has 1 atom stereocenters. The highest BCUT2D eigenvalue weighted by Gasteiger charge is 2.33. The minimum Gasteiger partial charge on any atom is -0.354 e. The van der Waals surface area contributed by atoms with Gasteiger partial charge in [-0.1, -0.05) is 61.7 Å². The zero-order valence-electron chi connectivity index (χ0n) is 23.9. The number of sulfonamides is 1. The quantitative estimate of drug-likeness (QED) is 0.221. The lowest BCUT2D eigenvalue weighted by Gasteiger charge is -2.33. The number of hydrogen-bond acceptors (Lipinski definition) is 4. The van der Waals surface area contributed by atoms with E-state index in [0.29, 0.717) is 28.7 Å². The number of rotatable bonds is 13. The summed E-state index contributed by atoms with van der Waals surface area (Å²) in [4.78, 5) is 28.8. The van der Waals surface area contributed by atoms with E-state index in [-0.39, 0.29) is 17.3 Å². The molecule has 0 aliphatic carbocycles. The van der Waals surface area contributed by atoms with Crippen LogP contribution in [0.2, 0.25) is 10.0 Å². The van der Waals surface area contributed by atoms with Gasteiger partial charge in [0.25, 0.3) is 10.0 Å².